The first-order valence-corrected chi connectivity index (χ1v) is 7.17. The summed E-state index contributed by atoms with van der Waals surface area (Å²) in [5.41, 5.74) is 11.2. The first-order chi connectivity index (χ1) is 8.57. The van der Waals surface area contributed by atoms with Crippen LogP contribution < -0.4 is 11.1 Å². The van der Waals surface area contributed by atoms with Gasteiger partial charge in [-0.3, -0.25) is 0 Å². The average Bonchev–Trinajstić information content (AvgIpc) is 2.21. The lowest BCUT2D eigenvalue weighted by molar-refractivity contribution is 0.525. The fourth-order valence-corrected chi connectivity index (χ4v) is 2.36. The van der Waals surface area contributed by atoms with E-state index in [1.807, 2.05) is 0 Å². The zero-order valence-corrected chi connectivity index (χ0v) is 13.6. The van der Waals surface area contributed by atoms with Crippen molar-refractivity contribution in [2.45, 2.75) is 65.8 Å². The first-order valence-electron chi connectivity index (χ1n) is 7.17. The molecule has 0 saturated carbocycles. The van der Waals surface area contributed by atoms with E-state index in [1.165, 1.54) is 22.4 Å². The van der Waals surface area contributed by atoms with Gasteiger partial charge in [-0.1, -0.05) is 32.9 Å². The lowest BCUT2D eigenvalue weighted by atomic mass is 9.84. The summed E-state index contributed by atoms with van der Waals surface area (Å²) >= 11 is 0. The molecule has 0 aromatic heterocycles. The van der Waals surface area contributed by atoms with Crippen molar-refractivity contribution in [3.8, 4) is 0 Å². The van der Waals surface area contributed by atoms with Crippen LogP contribution in [0.3, 0.4) is 0 Å². The Hall–Kier alpha value is -1.02. The van der Waals surface area contributed by atoms with Crippen LogP contribution in [0, 0.1) is 13.8 Å². The molecular weight excluding hydrogens is 232 g/mol. The van der Waals surface area contributed by atoms with Gasteiger partial charge in [-0.25, -0.2) is 0 Å². The molecule has 0 saturated heterocycles. The number of hydrogen-bond acceptors (Lipinski definition) is 2. The summed E-state index contributed by atoms with van der Waals surface area (Å²) in [6.07, 6.45) is 0.965. The van der Waals surface area contributed by atoms with Crippen molar-refractivity contribution >= 4 is 5.69 Å². The second-order valence-electron chi connectivity index (χ2n) is 7.28. The van der Waals surface area contributed by atoms with Crippen molar-refractivity contribution in [2.75, 3.05) is 11.9 Å². The van der Waals surface area contributed by atoms with E-state index in [0.717, 1.165) is 6.42 Å². The number of hydrogen-bond donors (Lipinski definition) is 2. The van der Waals surface area contributed by atoms with Gasteiger partial charge in [0, 0.05) is 11.2 Å². The van der Waals surface area contributed by atoms with Crippen LogP contribution in [0.1, 0.15) is 57.7 Å². The van der Waals surface area contributed by atoms with Gasteiger partial charge < -0.3 is 11.1 Å². The highest BCUT2D eigenvalue weighted by molar-refractivity contribution is 5.60. The molecule has 0 heterocycles. The van der Waals surface area contributed by atoms with Gasteiger partial charge in [0.05, 0.1) is 0 Å². The maximum atomic E-state index is 5.69. The molecule has 0 aliphatic heterocycles. The molecule has 0 fully saturated rings. The van der Waals surface area contributed by atoms with Gasteiger partial charge in [-0.2, -0.15) is 0 Å². The predicted molar refractivity (Wildman–Crippen MR) is 86.0 cm³/mol. The highest BCUT2D eigenvalue weighted by Crippen LogP contribution is 2.31. The average molecular weight is 262 g/mol. The zero-order valence-electron chi connectivity index (χ0n) is 13.6. The van der Waals surface area contributed by atoms with Crippen LogP contribution >= 0.6 is 0 Å². The summed E-state index contributed by atoms with van der Waals surface area (Å²) in [6, 6.07) is 4.60. The van der Waals surface area contributed by atoms with E-state index in [9.17, 15) is 0 Å². The molecule has 19 heavy (non-hydrogen) atoms. The molecule has 2 heteroatoms. The Morgan fingerprint density at radius 2 is 1.47 bits per heavy atom. The van der Waals surface area contributed by atoms with Crippen LogP contribution in [0.25, 0.3) is 0 Å². The fraction of sp³-hybridized carbons (Fsp3) is 0.647. The highest BCUT2D eigenvalue weighted by Gasteiger charge is 2.20. The molecule has 0 bridgehead atoms. The molecule has 0 amide bonds. The van der Waals surface area contributed by atoms with Crippen LogP contribution in [0.5, 0.6) is 0 Å². The smallest absolute Gasteiger partial charge is 0.0403 e. The van der Waals surface area contributed by atoms with E-state index in [0.29, 0.717) is 6.54 Å². The Morgan fingerprint density at radius 3 is 1.84 bits per heavy atom. The van der Waals surface area contributed by atoms with Gasteiger partial charge in [-0.05, 0) is 62.8 Å². The van der Waals surface area contributed by atoms with Gasteiger partial charge in [0.2, 0.25) is 0 Å². The molecule has 0 atom stereocenters. The minimum Gasteiger partial charge on any atom is -0.380 e. The predicted octanol–water partition coefficient (Wildman–Crippen LogP) is 4.14. The maximum Gasteiger partial charge on any atom is 0.0403 e. The molecule has 1 rings (SSSR count). The van der Waals surface area contributed by atoms with Crippen molar-refractivity contribution in [3.05, 3.63) is 28.8 Å². The maximum absolute atomic E-state index is 5.69. The standard InChI is InChI=1S/C17H30N2/c1-12-10-14(16(3,4)5)11-13(2)15(12)19-17(6,7)8-9-18/h10-11,19H,8-9,18H2,1-7H3. The molecule has 3 N–H and O–H groups in total. The second-order valence-corrected chi connectivity index (χ2v) is 7.28. The third kappa shape index (κ3) is 4.24. The van der Waals surface area contributed by atoms with E-state index < -0.39 is 0 Å². The summed E-state index contributed by atoms with van der Waals surface area (Å²) in [5, 5.41) is 3.65. The van der Waals surface area contributed by atoms with E-state index in [-0.39, 0.29) is 11.0 Å². The molecule has 1 aromatic carbocycles. The third-order valence-corrected chi connectivity index (χ3v) is 3.63. The van der Waals surface area contributed by atoms with E-state index in [2.05, 4.69) is 65.9 Å². The SMILES string of the molecule is Cc1cc(C(C)(C)C)cc(C)c1NC(C)(C)CCN. The zero-order chi connectivity index (χ0) is 14.8. The van der Waals surface area contributed by atoms with Crippen molar-refractivity contribution in [3.63, 3.8) is 0 Å². The highest BCUT2D eigenvalue weighted by atomic mass is 15.0. The molecule has 0 aliphatic rings. The number of anilines is 1. The number of aryl methyl sites for hydroxylation is 2. The Labute approximate surface area is 118 Å². The summed E-state index contributed by atoms with van der Waals surface area (Å²) in [7, 11) is 0. The Morgan fingerprint density at radius 1 is 1.00 bits per heavy atom. The summed E-state index contributed by atoms with van der Waals surface area (Å²) in [5.74, 6) is 0. The number of benzene rings is 1. The molecule has 0 spiro atoms. The summed E-state index contributed by atoms with van der Waals surface area (Å²) in [4.78, 5) is 0. The van der Waals surface area contributed by atoms with Gasteiger partial charge in [-0.15, -0.1) is 0 Å². The van der Waals surface area contributed by atoms with Gasteiger partial charge in [0.25, 0.3) is 0 Å². The van der Waals surface area contributed by atoms with Crippen molar-refractivity contribution in [1.29, 1.82) is 0 Å². The van der Waals surface area contributed by atoms with Gasteiger partial charge >= 0.3 is 0 Å². The number of nitrogens with one attached hydrogen (secondary N) is 1. The normalized spacial score (nSPS) is 12.6. The molecule has 1 aromatic rings. The van der Waals surface area contributed by atoms with Crippen molar-refractivity contribution < 1.29 is 0 Å². The van der Waals surface area contributed by atoms with Gasteiger partial charge in [0.1, 0.15) is 0 Å². The van der Waals surface area contributed by atoms with Crippen molar-refractivity contribution in [1.82, 2.24) is 0 Å². The number of rotatable bonds is 4. The van der Waals surface area contributed by atoms with E-state index >= 15 is 0 Å². The monoisotopic (exact) mass is 262 g/mol. The summed E-state index contributed by atoms with van der Waals surface area (Å²) in [6.45, 7) is 16.3. The molecule has 0 aliphatic carbocycles. The van der Waals surface area contributed by atoms with Crippen LogP contribution in [-0.4, -0.2) is 12.1 Å². The van der Waals surface area contributed by atoms with E-state index in [1.54, 1.807) is 0 Å². The van der Waals surface area contributed by atoms with Crippen LogP contribution in [0.15, 0.2) is 12.1 Å². The molecule has 0 radical (unpaired) electrons. The largest absolute Gasteiger partial charge is 0.380 e. The Bertz CT molecular complexity index is 416. The number of nitrogens with two attached hydrogens (primary N) is 1. The van der Waals surface area contributed by atoms with Crippen LogP contribution in [0.2, 0.25) is 0 Å². The minimum atomic E-state index is 0.0352. The van der Waals surface area contributed by atoms with Crippen LogP contribution in [-0.2, 0) is 5.41 Å². The fourth-order valence-electron chi connectivity index (χ4n) is 2.36. The van der Waals surface area contributed by atoms with E-state index in [4.69, 9.17) is 5.73 Å². The topological polar surface area (TPSA) is 38.0 Å². The minimum absolute atomic E-state index is 0.0352. The van der Waals surface area contributed by atoms with Gasteiger partial charge in [0.15, 0.2) is 0 Å². The summed E-state index contributed by atoms with van der Waals surface area (Å²) < 4.78 is 0. The Kier molecular flexibility index (Phi) is 4.67. The van der Waals surface area contributed by atoms with Crippen molar-refractivity contribution in [2.24, 2.45) is 5.73 Å². The molecule has 0 unspecified atom stereocenters. The molecule has 108 valence electrons. The lowest BCUT2D eigenvalue weighted by Crippen LogP contribution is -2.34. The quantitative estimate of drug-likeness (QED) is 0.856. The second kappa shape index (κ2) is 5.54. The molecule has 2 nitrogen and oxygen atoms in total. The molecular formula is C17H30N2. The van der Waals surface area contributed by atoms with Crippen LogP contribution in [0.4, 0.5) is 5.69 Å². The first kappa shape index (κ1) is 16.0. The third-order valence-electron chi connectivity index (χ3n) is 3.63. The lowest BCUT2D eigenvalue weighted by Gasteiger charge is -2.30. The Balaban J connectivity index is 3.11.